The van der Waals surface area contributed by atoms with Crippen LogP contribution in [0.1, 0.15) is 52.4 Å². The van der Waals surface area contributed by atoms with Crippen molar-refractivity contribution in [3.05, 3.63) is 12.7 Å². The van der Waals surface area contributed by atoms with E-state index in [9.17, 15) is 13.2 Å². The highest BCUT2D eigenvalue weighted by atomic mass is 32.2. The van der Waals surface area contributed by atoms with E-state index in [-0.39, 0.29) is 47.4 Å². The lowest BCUT2D eigenvalue weighted by molar-refractivity contribution is -0.139. The van der Waals surface area contributed by atoms with E-state index in [4.69, 9.17) is 14.3 Å². The molecule has 1 spiro atoms. The molecule has 8 nitrogen and oxygen atoms in total. The molecule has 0 aromatic heterocycles. The predicted octanol–water partition coefficient (Wildman–Crippen LogP) is 2.70. The number of hydrogen-bond acceptors (Lipinski definition) is 7. The number of amides is 1. The minimum atomic E-state index is -3.67. The van der Waals surface area contributed by atoms with Crippen molar-refractivity contribution in [2.45, 2.75) is 70.6 Å². The van der Waals surface area contributed by atoms with E-state index in [2.05, 4.69) is 25.6 Å². The van der Waals surface area contributed by atoms with Crippen LogP contribution in [0.25, 0.3) is 0 Å². The third-order valence-corrected chi connectivity index (χ3v) is 11.2. The van der Waals surface area contributed by atoms with E-state index in [0.29, 0.717) is 12.3 Å². The Morgan fingerprint density at radius 1 is 1.34 bits per heavy atom. The smallest absolute Gasteiger partial charge is 0.280 e. The van der Waals surface area contributed by atoms with Crippen molar-refractivity contribution in [3.8, 4) is 0 Å². The van der Waals surface area contributed by atoms with E-state index in [1.807, 2.05) is 6.08 Å². The summed E-state index contributed by atoms with van der Waals surface area (Å²) in [5.41, 5.74) is 0.395. The maximum atomic E-state index is 13.5. The Bertz CT molecular complexity index is 946. The maximum Gasteiger partial charge on any atom is 0.280 e. The van der Waals surface area contributed by atoms with Gasteiger partial charge in [0.05, 0.1) is 23.6 Å². The van der Waals surface area contributed by atoms with Crippen LogP contribution in [0, 0.1) is 28.6 Å². The number of allylic oxidation sites excluding steroid dienone is 1. The number of nitrogens with zero attached hydrogens (tertiary/aromatic N) is 2. The first kappa shape index (κ1) is 22.3. The van der Waals surface area contributed by atoms with Gasteiger partial charge in [-0.2, -0.15) is 0 Å². The van der Waals surface area contributed by atoms with Gasteiger partial charge in [0, 0.05) is 24.9 Å². The van der Waals surface area contributed by atoms with Crippen molar-refractivity contribution < 1.29 is 27.5 Å². The third kappa shape index (κ3) is 3.03. The molecule has 0 N–H and O–H groups in total. The number of rotatable bonds is 6. The van der Waals surface area contributed by atoms with E-state index >= 15 is 0 Å². The average Bonchev–Trinajstić information content (AvgIpc) is 3.50. The molecule has 7 atom stereocenters. The first-order valence-electron chi connectivity index (χ1n) is 11.7. The summed E-state index contributed by atoms with van der Waals surface area (Å²) in [6.45, 7) is 8.54. The Morgan fingerprint density at radius 3 is 2.81 bits per heavy atom. The molecule has 0 radical (unpaired) electrons. The van der Waals surface area contributed by atoms with Crippen LogP contribution in [0.5, 0.6) is 0 Å². The Balaban J connectivity index is 1.31. The molecule has 2 bridgehead atoms. The molecule has 178 valence electrons. The fourth-order valence-electron chi connectivity index (χ4n) is 7.43. The second-order valence-electron chi connectivity index (χ2n) is 10.8. The van der Waals surface area contributed by atoms with Gasteiger partial charge in [-0.05, 0) is 49.4 Å². The first-order valence-corrected chi connectivity index (χ1v) is 13.3. The normalized spacial score (nSPS) is 43.2. The number of sulfonamides is 1. The van der Waals surface area contributed by atoms with Crippen LogP contribution >= 0.6 is 0 Å². The monoisotopic (exact) mass is 466 g/mol. The summed E-state index contributed by atoms with van der Waals surface area (Å²) in [7, 11) is -2.07. The molecule has 5 rings (SSSR count). The van der Waals surface area contributed by atoms with Crippen LogP contribution in [0.15, 0.2) is 17.8 Å². The van der Waals surface area contributed by atoms with Gasteiger partial charge in [0.1, 0.15) is 6.79 Å². The summed E-state index contributed by atoms with van der Waals surface area (Å²) in [5.74, 6) is 0.341. The molecule has 4 fully saturated rings. The van der Waals surface area contributed by atoms with Crippen LogP contribution in [0.4, 0.5) is 0 Å². The number of ether oxygens (including phenoxy) is 2. The number of carbonyl (C=O) groups is 1. The predicted molar refractivity (Wildman–Crippen MR) is 118 cm³/mol. The van der Waals surface area contributed by atoms with Crippen LogP contribution in [-0.2, 0) is 29.1 Å². The molecule has 1 saturated heterocycles. The van der Waals surface area contributed by atoms with Gasteiger partial charge in [0.25, 0.3) is 5.91 Å². The molecule has 0 aromatic carbocycles. The van der Waals surface area contributed by atoms with E-state index in [1.165, 1.54) is 4.31 Å². The fraction of sp³-hybridized carbons (Fsp3) is 0.826. The van der Waals surface area contributed by atoms with Crippen molar-refractivity contribution in [3.63, 3.8) is 0 Å². The largest absolute Gasteiger partial charge is 0.382 e. The van der Waals surface area contributed by atoms with Crippen LogP contribution in [0.3, 0.4) is 0 Å². The van der Waals surface area contributed by atoms with Crippen LogP contribution < -0.4 is 0 Å². The van der Waals surface area contributed by atoms with Crippen molar-refractivity contribution in [2.75, 3.05) is 19.7 Å². The second-order valence-corrected chi connectivity index (χ2v) is 12.7. The zero-order valence-corrected chi connectivity index (χ0v) is 20.0. The van der Waals surface area contributed by atoms with Gasteiger partial charge in [0.15, 0.2) is 0 Å². The number of oxime groups is 1. The minimum Gasteiger partial charge on any atom is -0.382 e. The van der Waals surface area contributed by atoms with Gasteiger partial charge in [-0.1, -0.05) is 25.1 Å². The summed E-state index contributed by atoms with van der Waals surface area (Å²) < 4.78 is 38.3. The van der Waals surface area contributed by atoms with E-state index < -0.39 is 22.0 Å². The highest BCUT2D eigenvalue weighted by Gasteiger charge is 2.72. The Morgan fingerprint density at radius 2 is 2.12 bits per heavy atom. The highest BCUT2D eigenvalue weighted by molar-refractivity contribution is 7.90. The molecule has 3 aliphatic carbocycles. The van der Waals surface area contributed by atoms with Gasteiger partial charge in [-0.3, -0.25) is 4.79 Å². The number of methoxy groups -OCH3 is 1. The van der Waals surface area contributed by atoms with Crippen LogP contribution in [0.2, 0.25) is 0 Å². The van der Waals surface area contributed by atoms with Crippen molar-refractivity contribution in [1.29, 1.82) is 0 Å². The molecule has 2 aliphatic heterocycles. The zero-order valence-electron chi connectivity index (χ0n) is 19.2. The summed E-state index contributed by atoms with van der Waals surface area (Å²) >= 11 is 0. The van der Waals surface area contributed by atoms with Gasteiger partial charge in [-0.15, -0.1) is 6.58 Å². The molecule has 9 heteroatoms. The Kier molecular flexibility index (Phi) is 5.26. The molecule has 5 aliphatic rings. The first-order chi connectivity index (χ1) is 15.1. The van der Waals surface area contributed by atoms with Crippen molar-refractivity contribution in [2.24, 2.45) is 33.7 Å². The number of hydrogen-bond donors (Lipinski definition) is 0. The molecule has 3 saturated carbocycles. The summed E-state index contributed by atoms with van der Waals surface area (Å²) in [4.78, 5) is 19.1. The summed E-state index contributed by atoms with van der Waals surface area (Å²) in [6, 6.07) is -0.249. The third-order valence-electron chi connectivity index (χ3n) is 9.32. The number of fused-ring (bicyclic) bond motifs is 1. The summed E-state index contributed by atoms with van der Waals surface area (Å²) in [6.07, 6.45) is 5.65. The summed E-state index contributed by atoms with van der Waals surface area (Å²) in [5, 5.41) is 4.25. The van der Waals surface area contributed by atoms with Gasteiger partial charge in [0.2, 0.25) is 16.1 Å². The van der Waals surface area contributed by atoms with Crippen LogP contribution in [-0.4, -0.2) is 62.2 Å². The molecule has 2 heterocycles. The van der Waals surface area contributed by atoms with Gasteiger partial charge >= 0.3 is 0 Å². The highest BCUT2D eigenvalue weighted by Crippen LogP contribution is 2.70. The molecular formula is C23H34N2O6S. The molecule has 1 amide bonds. The van der Waals surface area contributed by atoms with Gasteiger partial charge < -0.3 is 14.3 Å². The topological polar surface area (TPSA) is 94.5 Å². The maximum absolute atomic E-state index is 13.5. The lowest BCUT2D eigenvalue weighted by Gasteiger charge is -2.37. The fourth-order valence-corrected chi connectivity index (χ4v) is 10.0. The minimum absolute atomic E-state index is 0.0375. The Hall–Kier alpha value is -1.45. The lowest BCUT2D eigenvalue weighted by atomic mass is 9.69. The number of carbonyl (C=O) groups excluding carboxylic acids is 1. The molecular weight excluding hydrogens is 432 g/mol. The quantitative estimate of drug-likeness (QED) is 0.441. The second kappa shape index (κ2) is 7.53. The van der Waals surface area contributed by atoms with Gasteiger partial charge in [-0.25, -0.2) is 12.7 Å². The standard InChI is InChI=1S/C23H34N2O6S/c1-5-14-8-16(30-13-29-4)10-17(14)18-11-19(31-24-18)21(26)25-20-9-15-6-7-23(20,22(15,2)3)12-32(25,27)28/h5,14-17,19-20H,1,6-13H2,2-4H3/t14-,15-,16+,17-,19+,20-,23-/m1/s1. The molecule has 32 heavy (non-hydrogen) atoms. The molecule has 0 unspecified atom stereocenters. The van der Waals surface area contributed by atoms with E-state index in [0.717, 1.165) is 37.8 Å². The molecule has 0 aromatic rings. The Labute approximate surface area is 190 Å². The zero-order chi connectivity index (χ0) is 22.9. The lowest BCUT2D eigenvalue weighted by Crippen LogP contribution is -2.48. The average molecular weight is 467 g/mol. The van der Waals surface area contributed by atoms with Crippen molar-refractivity contribution in [1.82, 2.24) is 4.31 Å². The van der Waals surface area contributed by atoms with Crippen molar-refractivity contribution >= 4 is 21.6 Å². The van der Waals surface area contributed by atoms with E-state index in [1.54, 1.807) is 7.11 Å². The SMILES string of the molecule is C=C[C@@H]1C[C@H](OCOC)C[C@H]1C1=NO[C@H](C(=O)N2[C@@H]3C[C@H]4CC[C@]3(CS2(=O)=O)C4(C)C)C1.